The fourth-order valence-electron chi connectivity index (χ4n) is 2.81. The van der Waals surface area contributed by atoms with E-state index in [1.165, 1.54) is 0 Å². The Morgan fingerprint density at radius 2 is 1.61 bits per heavy atom. The summed E-state index contributed by atoms with van der Waals surface area (Å²) in [5.74, 6) is 1.73. The van der Waals surface area contributed by atoms with E-state index < -0.39 is 0 Å². The first-order valence-corrected chi connectivity index (χ1v) is 7.54. The number of fused-ring (bicyclic) bond motifs is 1. The van der Waals surface area contributed by atoms with E-state index in [0.29, 0.717) is 0 Å². The highest BCUT2D eigenvalue weighted by molar-refractivity contribution is 5.85. The number of aromatic nitrogens is 2. The number of nitrogens with one attached hydrogen (secondary N) is 1. The number of ether oxygens (including phenoxy) is 1. The van der Waals surface area contributed by atoms with Gasteiger partial charge in [0.05, 0.1) is 18.1 Å². The van der Waals surface area contributed by atoms with Crippen molar-refractivity contribution >= 4 is 11.0 Å². The van der Waals surface area contributed by atoms with Crippen LogP contribution >= 0.6 is 0 Å². The average molecular weight is 300 g/mol. The van der Waals surface area contributed by atoms with E-state index in [1.54, 1.807) is 7.11 Å². The first-order valence-electron chi connectivity index (χ1n) is 7.54. The van der Waals surface area contributed by atoms with Gasteiger partial charge in [-0.3, -0.25) is 0 Å². The van der Waals surface area contributed by atoms with Crippen LogP contribution in [0.25, 0.3) is 33.5 Å². The number of imidazole rings is 1. The van der Waals surface area contributed by atoms with Crippen molar-refractivity contribution in [3.63, 3.8) is 0 Å². The standard InChI is InChI=1S/C20H16N2O/c1-23-15-8-6-7-14(13-15)16-9-2-3-10-17(16)20-21-18-11-4-5-12-19(18)22-20/h2-13H,1H3,(H,21,22). The van der Waals surface area contributed by atoms with Gasteiger partial charge in [-0.1, -0.05) is 48.5 Å². The van der Waals surface area contributed by atoms with Gasteiger partial charge in [0.15, 0.2) is 0 Å². The average Bonchev–Trinajstić information content (AvgIpc) is 3.06. The third-order valence-electron chi connectivity index (χ3n) is 3.95. The highest BCUT2D eigenvalue weighted by Gasteiger charge is 2.11. The van der Waals surface area contributed by atoms with E-state index in [2.05, 4.69) is 23.2 Å². The molecule has 0 radical (unpaired) electrons. The number of hydrogen-bond acceptors (Lipinski definition) is 2. The number of methoxy groups -OCH3 is 1. The van der Waals surface area contributed by atoms with Crippen LogP contribution in [0.1, 0.15) is 0 Å². The normalized spacial score (nSPS) is 10.8. The molecular formula is C20H16N2O. The maximum atomic E-state index is 5.35. The summed E-state index contributed by atoms with van der Waals surface area (Å²) in [6.45, 7) is 0. The van der Waals surface area contributed by atoms with Crippen LogP contribution in [0.5, 0.6) is 5.75 Å². The maximum Gasteiger partial charge on any atom is 0.139 e. The molecule has 23 heavy (non-hydrogen) atoms. The Hall–Kier alpha value is -3.07. The predicted octanol–water partition coefficient (Wildman–Crippen LogP) is 4.91. The van der Waals surface area contributed by atoms with Gasteiger partial charge in [0.25, 0.3) is 0 Å². The molecule has 0 aliphatic heterocycles. The number of aromatic amines is 1. The van der Waals surface area contributed by atoms with Gasteiger partial charge in [-0.15, -0.1) is 0 Å². The number of hydrogen-bond donors (Lipinski definition) is 1. The molecule has 0 atom stereocenters. The number of nitrogens with zero attached hydrogens (tertiary/aromatic N) is 1. The number of rotatable bonds is 3. The molecule has 0 amide bonds. The highest BCUT2D eigenvalue weighted by atomic mass is 16.5. The Morgan fingerprint density at radius 3 is 2.43 bits per heavy atom. The number of para-hydroxylation sites is 2. The SMILES string of the molecule is COc1cccc(-c2ccccc2-c2nc3ccccc3[nH]2)c1. The summed E-state index contributed by atoms with van der Waals surface area (Å²) in [5, 5.41) is 0. The second kappa shape index (κ2) is 5.61. The van der Waals surface area contributed by atoms with Crippen LogP contribution in [0.2, 0.25) is 0 Å². The zero-order valence-corrected chi connectivity index (χ0v) is 12.8. The molecule has 0 bridgehead atoms. The van der Waals surface area contributed by atoms with Crippen LogP contribution in [0.15, 0.2) is 72.8 Å². The Labute approximate surface area is 134 Å². The summed E-state index contributed by atoms with van der Waals surface area (Å²) in [7, 11) is 1.68. The van der Waals surface area contributed by atoms with Gasteiger partial charge in [0.1, 0.15) is 11.6 Å². The molecule has 1 heterocycles. The summed E-state index contributed by atoms with van der Waals surface area (Å²) >= 11 is 0. The van der Waals surface area contributed by atoms with Gasteiger partial charge in [-0.2, -0.15) is 0 Å². The minimum atomic E-state index is 0.849. The molecule has 0 saturated heterocycles. The summed E-state index contributed by atoms with van der Waals surface area (Å²) in [5.41, 5.74) is 5.34. The van der Waals surface area contributed by atoms with Crippen molar-refractivity contribution in [2.75, 3.05) is 7.11 Å². The van der Waals surface area contributed by atoms with E-state index in [9.17, 15) is 0 Å². The Bertz CT molecular complexity index is 939. The van der Waals surface area contributed by atoms with Crippen LogP contribution in [0, 0.1) is 0 Å². The van der Waals surface area contributed by atoms with Gasteiger partial charge in [0.2, 0.25) is 0 Å². The Kier molecular flexibility index (Phi) is 3.31. The zero-order valence-electron chi connectivity index (χ0n) is 12.8. The molecule has 0 aliphatic rings. The topological polar surface area (TPSA) is 37.9 Å². The molecule has 1 aromatic heterocycles. The highest BCUT2D eigenvalue weighted by Crippen LogP contribution is 2.33. The van der Waals surface area contributed by atoms with E-state index in [0.717, 1.165) is 39.3 Å². The fraction of sp³-hybridized carbons (Fsp3) is 0.0500. The maximum absolute atomic E-state index is 5.35. The minimum absolute atomic E-state index is 0.849. The lowest BCUT2D eigenvalue weighted by atomic mass is 9.99. The molecule has 3 nitrogen and oxygen atoms in total. The van der Waals surface area contributed by atoms with Crippen molar-refractivity contribution < 1.29 is 4.74 Å². The van der Waals surface area contributed by atoms with Gasteiger partial charge < -0.3 is 9.72 Å². The number of H-pyrrole nitrogens is 1. The number of benzene rings is 3. The van der Waals surface area contributed by atoms with Crippen LogP contribution in [-0.2, 0) is 0 Å². The monoisotopic (exact) mass is 300 g/mol. The van der Waals surface area contributed by atoms with Crippen molar-refractivity contribution in [1.29, 1.82) is 0 Å². The lowest BCUT2D eigenvalue weighted by Gasteiger charge is -2.09. The quantitative estimate of drug-likeness (QED) is 0.584. The van der Waals surface area contributed by atoms with Gasteiger partial charge in [-0.05, 0) is 35.4 Å². The fourth-order valence-corrected chi connectivity index (χ4v) is 2.81. The van der Waals surface area contributed by atoms with Gasteiger partial charge in [-0.25, -0.2) is 4.98 Å². The molecule has 3 aromatic carbocycles. The molecule has 4 aromatic rings. The zero-order chi connectivity index (χ0) is 15.6. The summed E-state index contributed by atoms with van der Waals surface area (Å²) in [4.78, 5) is 8.13. The van der Waals surface area contributed by atoms with Crippen molar-refractivity contribution in [2.24, 2.45) is 0 Å². The molecular weight excluding hydrogens is 284 g/mol. The third kappa shape index (κ3) is 2.46. The third-order valence-corrected chi connectivity index (χ3v) is 3.95. The lowest BCUT2D eigenvalue weighted by molar-refractivity contribution is 0.415. The summed E-state index contributed by atoms with van der Waals surface area (Å²) < 4.78 is 5.35. The second-order valence-electron chi connectivity index (χ2n) is 5.38. The first kappa shape index (κ1) is 13.6. The van der Waals surface area contributed by atoms with Crippen LogP contribution in [0.4, 0.5) is 0 Å². The lowest BCUT2D eigenvalue weighted by Crippen LogP contribution is -1.88. The van der Waals surface area contributed by atoms with E-state index in [4.69, 9.17) is 9.72 Å². The molecule has 0 fully saturated rings. The Morgan fingerprint density at radius 1 is 0.826 bits per heavy atom. The molecule has 0 aliphatic carbocycles. The molecule has 0 unspecified atom stereocenters. The summed E-state index contributed by atoms with van der Waals surface area (Å²) in [6, 6.07) is 24.4. The van der Waals surface area contributed by atoms with Crippen molar-refractivity contribution in [3.8, 4) is 28.3 Å². The van der Waals surface area contributed by atoms with Crippen molar-refractivity contribution in [3.05, 3.63) is 72.8 Å². The van der Waals surface area contributed by atoms with E-state index >= 15 is 0 Å². The first-order chi connectivity index (χ1) is 11.3. The molecule has 4 rings (SSSR count). The van der Waals surface area contributed by atoms with Crippen LogP contribution < -0.4 is 4.74 Å². The molecule has 0 spiro atoms. The van der Waals surface area contributed by atoms with Gasteiger partial charge in [0, 0.05) is 5.56 Å². The van der Waals surface area contributed by atoms with Crippen LogP contribution in [0.3, 0.4) is 0 Å². The molecule has 3 heteroatoms. The van der Waals surface area contributed by atoms with Crippen molar-refractivity contribution in [2.45, 2.75) is 0 Å². The molecule has 112 valence electrons. The predicted molar refractivity (Wildman–Crippen MR) is 93.5 cm³/mol. The largest absolute Gasteiger partial charge is 0.497 e. The second-order valence-corrected chi connectivity index (χ2v) is 5.38. The van der Waals surface area contributed by atoms with E-state index in [-0.39, 0.29) is 0 Å². The summed E-state index contributed by atoms with van der Waals surface area (Å²) in [6.07, 6.45) is 0. The van der Waals surface area contributed by atoms with Crippen molar-refractivity contribution in [1.82, 2.24) is 9.97 Å². The Balaban J connectivity index is 1.89. The minimum Gasteiger partial charge on any atom is -0.497 e. The molecule has 1 N–H and O–H groups in total. The van der Waals surface area contributed by atoms with E-state index in [1.807, 2.05) is 54.6 Å². The van der Waals surface area contributed by atoms with Gasteiger partial charge >= 0.3 is 0 Å². The van der Waals surface area contributed by atoms with Crippen LogP contribution in [-0.4, -0.2) is 17.1 Å². The molecule has 0 saturated carbocycles. The smallest absolute Gasteiger partial charge is 0.139 e.